The van der Waals surface area contributed by atoms with Gasteiger partial charge in [0.05, 0.1) is 12.5 Å². The van der Waals surface area contributed by atoms with E-state index in [9.17, 15) is 18.0 Å². The van der Waals surface area contributed by atoms with Gasteiger partial charge in [-0.2, -0.15) is 17.0 Å². The summed E-state index contributed by atoms with van der Waals surface area (Å²) in [4.78, 5) is 25.6. The number of hydrogen-bond donors (Lipinski definition) is 1. The number of piperazine rings is 1. The van der Waals surface area contributed by atoms with Crippen LogP contribution in [-0.2, 0) is 19.7 Å². The van der Waals surface area contributed by atoms with Crippen LogP contribution in [0.25, 0.3) is 0 Å². The summed E-state index contributed by atoms with van der Waals surface area (Å²) in [5.74, 6) is 0.762. The zero-order chi connectivity index (χ0) is 19.3. The molecule has 9 nitrogen and oxygen atoms in total. The first-order chi connectivity index (χ1) is 12.3. The van der Waals surface area contributed by atoms with Crippen molar-refractivity contribution in [1.82, 2.24) is 18.8 Å². The highest BCUT2D eigenvalue weighted by molar-refractivity contribution is 8.00. The summed E-state index contributed by atoms with van der Waals surface area (Å²) in [5, 5.41) is 2.82. The van der Waals surface area contributed by atoms with Gasteiger partial charge in [-0.25, -0.2) is 4.79 Å². The lowest BCUT2D eigenvalue weighted by Crippen LogP contribution is -2.57. The van der Waals surface area contributed by atoms with Crippen LogP contribution >= 0.6 is 11.8 Å². The smallest absolute Gasteiger partial charge is 0.409 e. The fourth-order valence-corrected chi connectivity index (χ4v) is 6.03. The first kappa shape index (κ1) is 21.3. The number of hydrogen-bond acceptors (Lipinski definition) is 6. The number of nitrogens with zero attached hydrogens (tertiary/aromatic N) is 3. The van der Waals surface area contributed by atoms with Gasteiger partial charge in [-0.05, 0) is 12.8 Å². The van der Waals surface area contributed by atoms with Gasteiger partial charge in [0.25, 0.3) is 10.2 Å². The Morgan fingerprint density at radius 3 is 2.46 bits per heavy atom. The highest BCUT2D eigenvalue weighted by Gasteiger charge is 2.43. The Morgan fingerprint density at radius 2 is 1.88 bits per heavy atom. The molecular weight excluding hydrogens is 380 g/mol. The molecule has 2 aliphatic rings. The normalized spacial score (nSPS) is 22.6. The minimum Gasteiger partial charge on any atom is -0.450 e. The molecule has 26 heavy (non-hydrogen) atoms. The van der Waals surface area contributed by atoms with E-state index in [-0.39, 0.29) is 44.6 Å². The van der Waals surface area contributed by atoms with Crippen LogP contribution in [0.4, 0.5) is 4.79 Å². The highest BCUT2D eigenvalue weighted by atomic mass is 32.2. The molecule has 0 aromatic rings. The Bertz CT molecular complexity index is 605. The maximum atomic E-state index is 13.0. The van der Waals surface area contributed by atoms with Gasteiger partial charge >= 0.3 is 6.09 Å². The van der Waals surface area contributed by atoms with Crippen molar-refractivity contribution >= 4 is 34.0 Å². The van der Waals surface area contributed by atoms with Gasteiger partial charge in [-0.1, -0.05) is 13.8 Å². The molecule has 0 aromatic carbocycles. The van der Waals surface area contributed by atoms with Gasteiger partial charge in [0.2, 0.25) is 5.91 Å². The standard InChI is InChI=1S/C15H28N4O5S2/c1-4-24-15(21)17-5-7-18(8-6-17)26(22,23)19-11-25-10-13(19)14(20)16-9-12(2)3/h12-13H,4-11H2,1-3H3,(H,16,20). The van der Waals surface area contributed by atoms with Gasteiger partial charge in [0.15, 0.2) is 0 Å². The van der Waals surface area contributed by atoms with Crippen molar-refractivity contribution in [2.45, 2.75) is 26.8 Å². The number of rotatable bonds is 6. The molecule has 1 unspecified atom stereocenters. The molecule has 150 valence electrons. The van der Waals surface area contributed by atoms with Gasteiger partial charge in [0.1, 0.15) is 6.04 Å². The van der Waals surface area contributed by atoms with Crippen LogP contribution in [0.5, 0.6) is 0 Å². The van der Waals surface area contributed by atoms with Crippen molar-refractivity contribution in [3.63, 3.8) is 0 Å². The van der Waals surface area contributed by atoms with Crippen LogP contribution in [0.1, 0.15) is 20.8 Å². The Hall–Kier alpha value is -1.04. The molecule has 2 rings (SSSR count). The molecule has 1 N–H and O–H groups in total. The van der Waals surface area contributed by atoms with Crippen LogP contribution < -0.4 is 5.32 Å². The molecule has 2 heterocycles. The number of ether oxygens (including phenoxy) is 1. The summed E-state index contributed by atoms with van der Waals surface area (Å²) < 4.78 is 33.5. The van der Waals surface area contributed by atoms with E-state index >= 15 is 0 Å². The lowest BCUT2D eigenvalue weighted by Gasteiger charge is -2.36. The molecule has 2 saturated heterocycles. The maximum absolute atomic E-state index is 13.0. The summed E-state index contributed by atoms with van der Waals surface area (Å²) in [7, 11) is -3.75. The minimum atomic E-state index is -3.75. The molecule has 0 bridgehead atoms. The number of nitrogens with one attached hydrogen (secondary N) is 1. The van der Waals surface area contributed by atoms with Gasteiger partial charge < -0.3 is 15.0 Å². The van der Waals surface area contributed by atoms with Gasteiger partial charge in [0, 0.05) is 38.5 Å². The van der Waals surface area contributed by atoms with E-state index in [1.807, 2.05) is 13.8 Å². The fourth-order valence-electron chi connectivity index (χ4n) is 2.75. The third-order valence-corrected chi connectivity index (χ3v) is 7.39. The Kier molecular flexibility index (Phi) is 7.56. The number of thioether (sulfide) groups is 1. The third-order valence-electron chi connectivity index (χ3n) is 4.22. The molecule has 11 heteroatoms. The SMILES string of the molecule is CCOC(=O)N1CCN(S(=O)(=O)N2CSCC2C(=O)NCC(C)C)CC1. The van der Waals surface area contributed by atoms with E-state index in [0.29, 0.717) is 18.2 Å². The predicted octanol–water partition coefficient (Wildman–Crippen LogP) is 0.152. The quantitative estimate of drug-likeness (QED) is 0.672. The van der Waals surface area contributed by atoms with Crippen molar-refractivity contribution in [2.24, 2.45) is 5.92 Å². The van der Waals surface area contributed by atoms with Crippen molar-refractivity contribution < 1.29 is 22.7 Å². The van der Waals surface area contributed by atoms with Crippen LogP contribution in [-0.4, -0.2) is 90.9 Å². The fraction of sp³-hybridized carbons (Fsp3) is 0.867. The average molecular weight is 409 g/mol. The highest BCUT2D eigenvalue weighted by Crippen LogP contribution is 2.27. The first-order valence-corrected chi connectivity index (χ1v) is 11.4. The van der Waals surface area contributed by atoms with Crippen LogP contribution in [0, 0.1) is 5.92 Å². The number of amides is 2. The Balaban J connectivity index is 1.98. The molecule has 0 aromatic heterocycles. The molecule has 2 aliphatic heterocycles. The molecule has 0 spiro atoms. The largest absolute Gasteiger partial charge is 0.450 e. The van der Waals surface area contributed by atoms with Crippen LogP contribution in [0.2, 0.25) is 0 Å². The molecule has 0 saturated carbocycles. The van der Waals surface area contributed by atoms with E-state index in [4.69, 9.17) is 4.74 Å². The zero-order valence-electron chi connectivity index (χ0n) is 15.5. The van der Waals surface area contributed by atoms with Crippen molar-refractivity contribution in [3.05, 3.63) is 0 Å². The Morgan fingerprint density at radius 1 is 1.23 bits per heavy atom. The second-order valence-corrected chi connectivity index (χ2v) is 9.52. The minimum absolute atomic E-state index is 0.197. The average Bonchev–Trinajstić information content (AvgIpc) is 3.10. The van der Waals surface area contributed by atoms with E-state index in [2.05, 4.69) is 5.32 Å². The lowest BCUT2D eigenvalue weighted by atomic mass is 10.2. The van der Waals surface area contributed by atoms with Gasteiger partial charge in [-0.15, -0.1) is 11.8 Å². The lowest BCUT2D eigenvalue weighted by molar-refractivity contribution is -0.124. The van der Waals surface area contributed by atoms with E-state index < -0.39 is 22.3 Å². The second kappa shape index (κ2) is 9.25. The summed E-state index contributed by atoms with van der Waals surface area (Å²) in [6.45, 7) is 7.47. The first-order valence-electron chi connectivity index (χ1n) is 8.81. The summed E-state index contributed by atoms with van der Waals surface area (Å²) in [6.07, 6.45) is -0.424. The van der Waals surface area contributed by atoms with E-state index in [1.54, 1.807) is 6.92 Å². The molecule has 2 amide bonds. The van der Waals surface area contributed by atoms with Gasteiger partial charge in [-0.3, -0.25) is 4.79 Å². The monoisotopic (exact) mass is 408 g/mol. The van der Waals surface area contributed by atoms with Crippen LogP contribution in [0.15, 0.2) is 0 Å². The van der Waals surface area contributed by atoms with Crippen molar-refractivity contribution in [2.75, 3.05) is 51.0 Å². The summed E-state index contributed by atoms with van der Waals surface area (Å²) in [5.41, 5.74) is 0. The predicted molar refractivity (Wildman–Crippen MR) is 99.9 cm³/mol. The topological polar surface area (TPSA) is 99.3 Å². The second-order valence-electron chi connectivity index (χ2n) is 6.63. The van der Waals surface area contributed by atoms with E-state index in [1.165, 1.54) is 25.3 Å². The number of carbonyl (C=O) groups is 2. The summed E-state index contributed by atoms with van der Waals surface area (Å²) in [6, 6.07) is -0.688. The maximum Gasteiger partial charge on any atom is 0.409 e. The molecule has 1 atom stereocenters. The number of carbonyl (C=O) groups excluding carboxylic acids is 2. The molecule has 0 radical (unpaired) electrons. The molecule has 2 fully saturated rings. The molecular formula is C15H28N4O5S2. The van der Waals surface area contributed by atoms with Crippen molar-refractivity contribution in [3.8, 4) is 0 Å². The van der Waals surface area contributed by atoms with Crippen molar-refractivity contribution in [1.29, 1.82) is 0 Å². The third kappa shape index (κ3) is 5.02. The van der Waals surface area contributed by atoms with Crippen LogP contribution in [0.3, 0.4) is 0 Å². The summed E-state index contributed by atoms with van der Waals surface area (Å²) >= 11 is 1.43. The van der Waals surface area contributed by atoms with E-state index in [0.717, 1.165) is 0 Å². The Labute approximate surface area is 159 Å². The zero-order valence-corrected chi connectivity index (χ0v) is 17.1. The molecule has 0 aliphatic carbocycles.